The third-order valence-electron chi connectivity index (χ3n) is 5.88. The number of imidazole rings is 1. The molecule has 0 bridgehead atoms. The van der Waals surface area contributed by atoms with Crippen molar-refractivity contribution in [3.05, 3.63) is 74.2 Å². The van der Waals surface area contributed by atoms with Gasteiger partial charge >= 0.3 is 11.8 Å². The molecule has 166 valence electrons. The van der Waals surface area contributed by atoms with Crippen LogP contribution in [0.15, 0.2) is 46.0 Å². The number of fused-ring (bicyclic) bond motifs is 2. The summed E-state index contributed by atoms with van der Waals surface area (Å²) in [5.74, 6) is 0.352. The van der Waals surface area contributed by atoms with E-state index in [9.17, 15) is 14.4 Å². The number of carboxylic acid groups (broad SMARTS) is 1. The lowest BCUT2D eigenvalue weighted by molar-refractivity contribution is 0.190. The van der Waals surface area contributed by atoms with E-state index in [2.05, 4.69) is 23.3 Å². The van der Waals surface area contributed by atoms with E-state index in [0.717, 1.165) is 22.8 Å². The Hall–Kier alpha value is -3.88. The Morgan fingerprint density at radius 2 is 1.91 bits per heavy atom. The average Bonchev–Trinajstić information content (AvgIpc) is 3.11. The molecule has 1 atom stereocenters. The molecule has 32 heavy (non-hydrogen) atoms. The van der Waals surface area contributed by atoms with Crippen LogP contribution in [0.2, 0.25) is 0 Å². The van der Waals surface area contributed by atoms with Crippen molar-refractivity contribution < 1.29 is 9.90 Å². The monoisotopic (exact) mass is 435 g/mol. The van der Waals surface area contributed by atoms with Gasteiger partial charge in [-0.2, -0.15) is 0 Å². The third-order valence-corrected chi connectivity index (χ3v) is 5.88. The number of rotatable bonds is 5. The zero-order chi connectivity index (χ0) is 23.2. The molecule has 0 aliphatic heterocycles. The van der Waals surface area contributed by atoms with E-state index in [-0.39, 0.29) is 17.7 Å². The van der Waals surface area contributed by atoms with Crippen LogP contribution in [-0.4, -0.2) is 29.9 Å². The van der Waals surface area contributed by atoms with Crippen molar-refractivity contribution >= 4 is 28.0 Å². The van der Waals surface area contributed by atoms with E-state index in [1.165, 1.54) is 14.7 Å². The maximum absolute atomic E-state index is 13.3. The number of nitrogens with zero attached hydrogens (tertiary/aromatic N) is 4. The Morgan fingerprint density at radius 3 is 2.59 bits per heavy atom. The minimum absolute atomic E-state index is 0.122. The Labute approximate surface area is 183 Å². The molecule has 1 amide bonds. The van der Waals surface area contributed by atoms with E-state index >= 15 is 0 Å². The van der Waals surface area contributed by atoms with Gasteiger partial charge in [0.05, 0.1) is 12.6 Å². The van der Waals surface area contributed by atoms with Gasteiger partial charge in [-0.1, -0.05) is 37.3 Å². The molecule has 0 saturated heterocycles. The molecule has 2 aromatic carbocycles. The highest BCUT2D eigenvalue weighted by molar-refractivity contribution is 5.86. The molecule has 0 fully saturated rings. The number of nitrogens with one attached hydrogen (secondary N) is 1. The second-order valence-electron chi connectivity index (χ2n) is 7.93. The fourth-order valence-electron chi connectivity index (χ4n) is 4.23. The third kappa shape index (κ3) is 3.45. The van der Waals surface area contributed by atoms with Gasteiger partial charge in [0.1, 0.15) is 5.82 Å². The summed E-state index contributed by atoms with van der Waals surface area (Å²) in [6.07, 6.45) is -0.274. The van der Waals surface area contributed by atoms with Crippen molar-refractivity contribution in [3.63, 3.8) is 0 Å². The molecule has 2 N–H and O–H groups in total. The number of benzene rings is 2. The highest BCUT2D eigenvalue weighted by Crippen LogP contribution is 2.21. The first kappa shape index (κ1) is 21.4. The highest BCUT2D eigenvalue weighted by atomic mass is 16.4. The van der Waals surface area contributed by atoms with Crippen LogP contribution in [0.3, 0.4) is 0 Å². The number of hydrogen-bond donors (Lipinski definition) is 2. The molecule has 0 spiro atoms. The molecular weight excluding hydrogens is 410 g/mol. The van der Waals surface area contributed by atoms with Crippen molar-refractivity contribution in [2.24, 2.45) is 14.1 Å². The molecule has 0 radical (unpaired) electrons. The molecule has 2 heterocycles. The van der Waals surface area contributed by atoms with Crippen molar-refractivity contribution in [2.75, 3.05) is 0 Å². The maximum atomic E-state index is 13.3. The van der Waals surface area contributed by atoms with Gasteiger partial charge in [0, 0.05) is 14.1 Å². The van der Waals surface area contributed by atoms with Gasteiger partial charge in [0.2, 0.25) is 0 Å². The van der Waals surface area contributed by atoms with Crippen molar-refractivity contribution in [3.8, 4) is 0 Å². The highest BCUT2D eigenvalue weighted by Gasteiger charge is 2.22. The number of aryl methyl sites for hydroxylation is 3. The predicted molar refractivity (Wildman–Crippen MR) is 122 cm³/mol. The fraction of sp³-hybridized carbons (Fsp3) is 0.304. The first-order chi connectivity index (χ1) is 15.2. The zero-order valence-electron chi connectivity index (χ0n) is 18.4. The first-order valence-corrected chi connectivity index (χ1v) is 10.4. The van der Waals surface area contributed by atoms with Crippen LogP contribution >= 0.6 is 0 Å². The quantitative estimate of drug-likeness (QED) is 0.500. The van der Waals surface area contributed by atoms with Gasteiger partial charge in [-0.05, 0) is 41.3 Å². The lowest BCUT2D eigenvalue weighted by Gasteiger charge is -2.11. The van der Waals surface area contributed by atoms with Gasteiger partial charge in [0.25, 0.3) is 5.56 Å². The van der Waals surface area contributed by atoms with Crippen LogP contribution < -0.4 is 16.6 Å². The zero-order valence-corrected chi connectivity index (χ0v) is 18.4. The van der Waals surface area contributed by atoms with Crippen LogP contribution in [0.25, 0.3) is 21.9 Å². The fourth-order valence-corrected chi connectivity index (χ4v) is 4.23. The summed E-state index contributed by atoms with van der Waals surface area (Å²) < 4.78 is 4.06. The lowest BCUT2D eigenvalue weighted by Crippen LogP contribution is -2.39. The summed E-state index contributed by atoms with van der Waals surface area (Å²) in [4.78, 5) is 41.7. The Morgan fingerprint density at radius 1 is 1.16 bits per heavy atom. The largest absolute Gasteiger partial charge is 0.465 e. The summed E-state index contributed by atoms with van der Waals surface area (Å²) in [6, 6.07) is 11.4. The van der Waals surface area contributed by atoms with Gasteiger partial charge in [-0.15, -0.1) is 0 Å². The number of hydrogen-bond acceptors (Lipinski definition) is 4. The molecule has 2 aromatic heterocycles. The van der Waals surface area contributed by atoms with E-state index in [4.69, 9.17) is 5.11 Å². The molecular formula is C23H25N5O4. The second-order valence-corrected chi connectivity index (χ2v) is 7.93. The van der Waals surface area contributed by atoms with Gasteiger partial charge in [-0.25, -0.2) is 14.6 Å². The van der Waals surface area contributed by atoms with Crippen LogP contribution in [0, 0.1) is 0 Å². The minimum Gasteiger partial charge on any atom is -0.465 e. The summed E-state index contributed by atoms with van der Waals surface area (Å²) >= 11 is 0. The number of aromatic nitrogens is 4. The van der Waals surface area contributed by atoms with Crippen LogP contribution in [-0.2, 0) is 27.1 Å². The van der Waals surface area contributed by atoms with E-state index in [1.54, 1.807) is 25.6 Å². The average molecular weight is 435 g/mol. The van der Waals surface area contributed by atoms with Crippen LogP contribution in [0.5, 0.6) is 0 Å². The molecule has 4 rings (SSSR count). The predicted octanol–water partition coefficient (Wildman–Crippen LogP) is 2.53. The van der Waals surface area contributed by atoms with Crippen LogP contribution in [0.1, 0.15) is 36.8 Å². The van der Waals surface area contributed by atoms with Gasteiger partial charge in [-0.3, -0.25) is 13.9 Å². The molecule has 0 aliphatic carbocycles. The van der Waals surface area contributed by atoms with Crippen molar-refractivity contribution in [1.29, 1.82) is 0 Å². The van der Waals surface area contributed by atoms with Gasteiger partial charge < -0.3 is 15.0 Å². The summed E-state index contributed by atoms with van der Waals surface area (Å²) in [5.41, 5.74) is 1.61. The second kappa shape index (κ2) is 7.99. The minimum atomic E-state index is -1.20. The molecule has 0 aliphatic rings. The lowest BCUT2D eigenvalue weighted by atomic mass is 10.0. The Bertz CT molecular complexity index is 1480. The van der Waals surface area contributed by atoms with E-state index in [1.807, 2.05) is 30.3 Å². The van der Waals surface area contributed by atoms with E-state index < -0.39 is 23.4 Å². The molecule has 9 heteroatoms. The maximum Gasteiger partial charge on any atom is 0.405 e. The summed E-state index contributed by atoms with van der Waals surface area (Å²) in [7, 11) is 3.20. The normalized spacial score (nSPS) is 12.4. The van der Waals surface area contributed by atoms with Crippen LogP contribution in [0.4, 0.5) is 4.79 Å². The van der Waals surface area contributed by atoms with Crippen molar-refractivity contribution in [1.82, 2.24) is 24.0 Å². The van der Waals surface area contributed by atoms with Crippen molar-refractivity contribution in [2.45, 2.75) is 32.9 Å². The van der Waals surface area contributed by atoms with E-state index in [0.29, 0.717) is 5.82 Å². The number of amides is 1. The topological polar surface area (TPSA) is 111 Å². The smallest absolute Gasteiger partial charge is 0.405 e. The molecule has 0 saturated carbocycles. The Balaban J connectivity index is 1.84. The Kier molecular flexibility index (Phi) is 5.33. The molecule has 4 aromatic rings. The molecule has 9 nitrogen and oxygen atoms in total. The SMILES string of the molecule is CCc1cccc2cc(Cn3c(=O)c4c(nc(C(C)NC(=O)O)n4C)n(C)c3=O)ccc12. The standard InChI is InChI=1S/C23H25N5O4/c1-5-15-7-6-8-16-11-14(9-10-17(15)16)12-28-21(29)18-20(27(4)23(28)32)25-19(26(18)3)13(2)24-22(30)31/h6-11,13,24H,5,12H2,1-4H3,(H,30,31). The summed E-state index contributed by atoms with van der Waals surface area (Å²) in [5, 5.41) is 13.6. The summed E-state index contributed by atoms with van der Waals surface area (Å²) in [6.45, 7) is 3.86. The first-order valence-electron chi connectivity index (χ1n) is 10.4. The molecule has 1 unspecified atom stereocenters. The van der Waals surface area contributed by atoms with Gasteiger partial charge in [0.15, 0.2) is 11.2 Å². The number of carbonyl (C=O) groups is 1.